The van der Waals surface area contributed by atoms with Crippen LogP contribution in [-0.2, 0) is 4.74 Å². The van der Waals surface area contributed by atoms with E-state index in [1.807, 2.05) is 0 Å². The molecule has 0 spiro atoms. The molecular weight excluding hydrogens is 258 g/mol. The molecule has 20 heavy (non-hydrogen) atoms. The lowest BCUT2D eigenvalue weighted by molar-refractivity contribution is 0.0697. The van der Waals surface area contributed by atoms with Crippen molar-refractivity contribution in [1.82, 2.24) is 4.90 Å². The average molecular weight is 279 g/mol. The van der Waals surface area contributed by atoms with E-state index < -0.39 is 5.97 Å². The van der Waals surface area contributed by atoms with Crippen LogP contribution >= 0.6 is 0 Å². The van der Waals surface area contributed by atoms with Crippen molar-refractivity contribution in [3.63, 3.8) is 0 Å². The highest BCUT2D eigenvalue weighted by atomic mass is 16.5. The fraction of sp³-hybridized carbons (Fsp3) is 0.533. The minimum absolute atomic E-state index is 0.277. The van der Waals surface area contributed by atoms with Crippen LogP contribution in [0.15, 0.2) is 24.3 Å². The third kappa shape index (κ3) is 4.21. The quantitative estimate of drug-likeness (QED) is 0.823. The van der Waals surface area contributed by atoms with Crippen LogP contribution in [-0.4, -0.2) is 55.9 Å². The molecular formula is C15H21NO4. The average Bonchev–Trinajstić information content (AvgIpc) is 2.87. The molecule has 0 radical (unpaired) electrons. The lowest BCUT2D eigenvalue weighted by Crippen LogP contribution is -2.26. The maximum Gasteiger partial charge on any atom is 0.335 e. The van der Waals surface area contributed by atoms with Crippen LogP contribution < -0.4 is 4.74 Å². The third-order valence-corrected chi connectivity index (χ3v) is 3.55. The number of hydrogen-bond donors (Lipinski definition) is 1. The summed E-state index contributed by atoms with van der Waals surface area (Å²) >= 11 is 0. The number of methoxy groups -OCH3 is 1. The van der Waals surface area contributed by atoms with E-state index in [1.165, 1.54) is 6.42 Å². The van der Waals surface area contributed by atoms with E-state index in [1.54, 1.807) is 31.4 Å². The number of carboxylic acids is 1. The van der Waals surface area contributed by atoms with Crippen molar-refractivity contribution >= 4 is 5.97 Å². The summed E-state index contributed by atoms with van der Waals surface area (Å²) in [5.41, 5.74) is 0.277. The standard InChI is InChI=1S/C15H21NO4/c1-19-11-12-6-7-16(10-12)8-9-20-14-4-2-13(3-5-14)15(17)18/h2-5,12H,6-11H2,1H3,(H,17,18). The molecule has 1 fully saturated rings. The Hall–Kier alpha value is -1.59. The number of carboxylic acid groups (broad SMARTS) is 1. The summed E-state index contributed by atoms with van der Waals surface area (Å²) in [5.74, 6) is 0.426. The molecule has 1 aromatic rings. The van der Waals surface area contributed by atoms with E-state index in [4.69, 9.17) is 14.6 Å². The Kier molecular flexibility index (Phi) is 5.38. The number of nitrogens with zero attached hydrogens (tertiary/aromatic N) is 1. The molecule has 2 rings (SSSR count). The number of carbonyl (C=O) groups is 1. The fourth-order valence-corrected chi connectivity index (χ4v) is 2.47. The first-order valence-electron chi connectivity index (χ1n) is 6.86. The van der Waals surface area contributed by atoms with E-state index in [9.17, 15) is 4.79 Å². The van der Waals surface area contributed by atoms with Gasteiger partial charge in [0, 0.05) is 20.2 Å². The predicted octanol–water partition coefficient (Wildman–Crippen LogP) is 1.73. The minimum Gasteiger partial charge on any atom is -0.492 e. The Morgan fingerprint density at radius 2 is 2.15 bits per heavy atom. The molecule has 1 aliphatic rings. The second-order valence-corrected chi connectivity index (χ2v) is 5.09. The van der Waals surface area contributed by atoms with Crippen LogP contribution in [0, 0.1) is 5.92 Å². The molecule has 1 atom stereocenters. The Balaban J connectivity index is 1.69. The van der Waals surface area contributed by atoms with Crippen molar-refractivity contribution in [3.05, 3.63) is 29.8 Å². The van der Waals surface area contributed by atoms with Crippen molar-refractivity contribution in [2.75, 3.05) is 40.0 Å². The normalized spacial score (nSPS) is 19.1. The Morgan fingerprint density at radius 1 is 1.40 bits per heavy atom. The monoisotopic (exact) mass is 279 g/mol. The van der Waals surface area contributed by atoms with E-state index >= 15 is 0 Å². The summed E-state index contributed by atoms with van der Waals surface area (Å²) in [6.45, 7) is 4.49. The number of likely N-dealkylation sites (tertiary alicyclic amines) is 1. The first-order chi connectivity index (χ1) is 9.69. The first kappa shape index (κ1) is 14.8. The summed E-state index contributed by atoms with van der Waals surface area (Å²) in [4.78, 5) is 13.1. The SMILES string of the molecule is COCC1CCN(CCOc2ccc(C(=O)O)cc2)C1. The van der Waals surface area contributed by atoms with Crippen LogP contribution in [0.2, 0.25) is 0 Å². The van der Waals surface area contributed by atoms with E-state index in [0.29, 0.717) is 18.3 Å². The molecule has 0 aromatic heterocycles. The van der Waals surface area contributed by atoms with Gasteiger partial charge in [-0.1, -0.05) is 0 Å². The predicted molar refractivity (Wildman–Crippen MR) is 75.3 cm³/mol. The van der Waals surface area contributed by atoms with Gasteiger partial charge in [-0.3, -0.25) is 4.90 Å². The summed E-state index contributed by atoms with van der Waals surface area (Å²) in [5, 5.41) is 8.81. The molecule has 110 valence electrons. The zero-order chi connectivity index (χ0) is 14.4. The summed E-state index contributed by atoms with van der Waals surface area (Å²) in [6.07, 6.45) is 1.18. The van der Waals surface area contributed by atoms with Gasteiger partial charge in [-0.2, -0.15) is 0 Å². The van der Waals surface area contributed by atoms with E-state index in [0.717, 1.165) is 26.2 Å². The maximum absolute atomic E-state index is 10.7. The van der Waals surface area contributed by atoms with Gasteiger partial charge >= 0.3 is 5.97 Å². The van der Waals surface area contributed by atoms with Crippen molar-refractivity contribution in [2.45, 2.75) is 6.42 Å². The summed E-state index contributed by atoms with van der Waals surface area (Å²) < 4.78 is 10.8. The molecule has 5 heteroatoms. The number of benzene rings is 1. The highest BCUT2D eigenvalue weighted by molar-refractivity contribution is 5.87. The van der Waals surface area contributed by atoms with Gasteiger partial charge in [0.1, 0.15) is 12.4 Å². The molecule has 1 heterocycles. The van der Waals surface area contributed by atoms with Crippen molar-refractivity contribution in [3.8, 4) is 5.75 Å². The van der Waals surface area contributed by atoms with Gasteiger partial charge in [-0.05, 0) is 43.1 Å². The van der Waals surface area contributed by atoms with Crippen LogP contribution in [0.3, 0.4) is 0 Å². The lowest BCUT2D eigenvalue weighted by atomic mass is 10.1. The van der Waals surface area contributed by atoms with Crippen LogP contribution in [0.5, 0.6) is 5.75 Å². The van der Waals surface area contributed by atoms with E-state index in [2.05, 4.69) is 4.90 Å². The second-order valence-electron chi connectivity index (χ2n) is 5.09. The summed E-state index contributed by atoms with van der Waals surface area (Å²) in [6, 6.07) is 6.51. The van der Waals surface area contributed by atoms with Crippen LogP contribution in [0.4, 0.5) is 0 Å². The maximum atomic E-state index is 10.7. The topological polar surface area (TPSA) is 59.0 Å². The lowest BCUT2D eigenvalue weighted by Gasteiger charge is -2.16. The Morgan fingerprint density at radius 3 is 2.80 bits per heavy atom. The number of rotatable bonds is 7. The molecule has 1 aromatic carbocycles. The smallest absolute Gasteiger partial charge is 0.335 e. The number of ether oxygens (including phenoxy) is 2. The highest BCUT2D eigenvalue weighted by Crippen LogP contribution is 2.16. The van der Waals surface area contributed by atoms with Gasteiger partial charge in [0.15, 0.2) is 0 Å². The molecule has 0 bridgehead atoms. The van der Waals surface area contributed by atoms with Gasteiger partial charge in [-0.15, -0.1) is 0 Å². The molecule has 0 saturated carbocycles. The number of aromatic carboxylic acids is 1. The van der Waals surface area contributed by atoms with Gasteiger partial charge in [0.05, 0.1) is 12.2 Å². The molecule has 1 N–H and O–H groups in total. The largest absolute Gasteiger partial charge is 0.492 e. The first-order valence-corrected chi connectivity index (χ1v) is 6.86. The minimum atomic E-state index is -0.919. The van der Waals surface area contributed by atoms with Crippen LogP contribution in [0.1, 0.15) is 16.8 Å². The van der Waals surface area contributed by atoms with Gasteiger partial charge in [0.2, 0.25) is 0 Å². The second kappa shape index (κ2) is 7.26. The highest BCUT2D eigenvalue weighted by Gasteiger charge is 2.21. The Bertz CT molecular complexity index is 432. The molecule has 1 unspecified atom stereocenters. The van der Waals surface area contributed by atoms with Gasteiger partial charge in [0.25, 0.3) is 0 Å². The van der Waals surface area contributed by atoms with Crippen LogP contribution in [0.25, 0.3) is 0 Å². The summed E-state index contributed by atoms with van der Waals surface area (Å²) in [7, 11) is 1.74. The molecule has 0 aliphatic carbocycles. The zero-order valence-electron chi connectivity index (χ0n) is 11.7. The fourth-order valence-electron chi connectivity index (χ4n) is 2.47. The third-order valence-electron chi connectivity index (χ3n) is 3.55. The van der Waals surface area contributed by atoms with E-state index in [-0.39, 0.29) is 5.56 Å². The van der Waals surface area contributed by atoms with Crippen molar-refractivity contribution in [2.24, 2.45) is 5.92 Å². The zero-order valence-corrected chi connectivity index (χ0v) is 11.7. The molecule has 5 nitrogen and oxygen atoms in total. The Labute approximate surface area is 119 Å². The molecule has 1 aliphatic heterocycles. The van der Waals surface area contributed by atoms with Crippen molar-refractivity contribution < 1.29 is 19.4 Å². The van der Waals surface area contributed by atoms with Crippen molar-refractivity contribution in [1.29, 1.82) is 0 Å². The van der Waals surface area contributed by atoms with Gasteiger partial charge in [-0.25, -0.2) is 4.79 Å². The molecule has 0 amide bonds. The van der Waals surface area contributed by atoms with Gasteiger partial charge < -0.3 is 14.6 Å². The molecule has 1 saturated heterocycles. The number of hydrogen-bond acceptors (Lipinski definition) is 4.